The molecule has 0 fully saturated rings. The van der Waals surface area contributed by atoms with Crippen LogP contribution in [0.15, 0.2) is 18.5 Å². The van der Waals surface area contributed by atoms with Crippen molar-refractivity contribution in [3.05, 3.63) is 24.0 Å². The van der Waals surface area contributed by atoms with Crippen LogP contribution in [0, 0.1) is 0 Å². The number of carbonyl (C=O) groups excluding carboxylic acids is 1. The highest BCUT2D eigenvalue weighted by molar-refractivity contribution is 5.99. The molecule has 1 rings (SSSR count). The fourth-order valence-electron chi connectivity index (χ4n) is 1.69. The number of pyridine rings is 1. The third kappa shape index (κ3) is 5.17. The number of likely N-dealkylation sites (N-methyl/N-ethyl adjacent to an activating group) is 1. The van der Waals surface area contributed by atoms with E-state index in [1.54, 1.807) is 12.4 Å². The predicted molar refractivity (Wildman–Crippen MR) is 83.1 cm³/mol. The lowest BCUT2D eigenvalue weighted by Gasteiger charge is -2.21. The Labute approximate surface area is 121 Å². The standard InChI is InChI=1S/C15H26N4O/c1-5-7-17-14-6-8-16-11-13(14)15(20)18-9-10-19(4)12(2)3/h6,8,11-12H,5,7,9-10H2,1-4H3,(H,16,17)(H,18,20). The van der Waals surface area contributed by atoms with Gasteiger partial charge in [-0.3, -0.25) is 9.78 Å². The first-order valence-electron chi connectivity index (χ1n) is 7.22. The van der Waals surface area contributed by atoms with E-state index in [4.69, 9.17) is 0 Å². The van der Waals surface area contributed by atoms with Gasteiger partial charge in [-0.1, -0.05) is 6.92 Å². The third-order valence-corrected chi connectivity index (χ3v) is 3.26. The molecular formula is C15H26N4O. The molecule has 20 heavy (non-hydrogen) atoms. The molecule has 1 heterocycles. The second-order valence-electron chi connectivity index (χ2n) is 5.18. The highest BCUT2D eigenvalue weighted by Crippen LogP contribution is 2.13. The number of anilines is 1. The van der Waals surface area contributed by atoms with E-state index < -0.39 is 0 Å². The van der Waals surface area contributed by atoms with E-state index in [9.17, 15) is 4.79 Å². The Kier molecular flexibility index (Phi) is 7.01. The Morgan fingerprint density at radius 1 is 1.40 bits per heavy atom. The van der Waals surface area contributed by atoms with Gasteiger partial charge in [0.1, 0.15) is 0 Å². The fraction of sp³-hybridized carbons (Fsp3) is 0.600. The highest BCUT2D eigenvalue weighted by Gasteiger charge is 2.11. The minimum atomic E-state index is -0.0751. The molecule has 1 aromatic rings. The third-order valence-electron chi connectivity index (χ3n) is 3.26. The van der Waals surface area contributed by atoms with Gasteiger partial charge in [0, 0.05) is 38.1 Å². The lowest BCUT2D eigenvalue weighted by molar-refractivity contribution is 0.0948. The van der Waals surface area contributed by atoms with Crippen LogP contribution in [0.5, 0.6) is 0 Å². The lowest BCUT2D eigenvalue weighted by atomic mass is 10.2. The van der Waals surface area contributed by atoms with Gasteiger partial charge in [-0.05, 0) is 33.4 Å². The van der Waals surface area contributed by atoms with Crippen molar-refractivity contribution in [2.45, 2.75) is 33.2 Å². The van der Waals surface area contributed by atoms with Gasteiger partial charge in [0.15, 0.2) is 0 Å². The maximum atomic E-state index is 12.2. The molecule has 0 unspecified atom stereocenters. The molecule has 112 valence electrons. The fourth-order valence-corrected chi connectivity index (χ4v) is 1.69. The van der Waals surface area contributed by atoms with Crippen LogP contribution in [-0.4, -0.2) is 48.5 Å². The minimum Gasteiger partial charge on any atom is -0.384 e. The zero-order valence-corrected chi connectivity index (χ0v) is 12.9. The first kappa shape index (κ1) is 16.4. The van der Waals surface area contributed by atoms with E-state index in [0.29, 0.717) is 18.2 Å². The van der Waals surface area contributed by atoms with Crippen LogP contribution in [-0.2, 0) is 0 Å². The van der Waals surface area contributed by atoms with Crippen molar-refractivity contribution in [3.8, 4) is 0 Å². The molecule has 2 N–H and O–H groups in total. The molecule has 5 heteroatoms. The second kappa shape index (κ2) is 8.53. The zero-order chi connectivity index (χ0) is 15.0. The summed E-state index contributed by atoms with van der Waals surface area (Å²) in [5.41, 5.74) is 1.45. The summed E-state index contributed by atoms with van der Waals surface area (Å²) in [7, 11) is 2.05. The average molecular weight is 278 g/mol. The molecule has 0 aromatic carbocycles. The van der Waals surface area contributed by atoms with E-state index >= 15 is 0 Å². The van der Waals surface area contributed by atoms with Crippen molar-refractivity contribution in [2.75, 3.05) is 32.0 Å². The summed E-state index contributed by atoms with van der Waals surface area (Å²) in [5, 5.41) is 6.19. The number of hydrogen-bond donors (Lipinski definition) is 2. The number of aromatic nitrogens is 1. The Hall–Kier alpha value is -1.62. The molecule has 0 radical (unpaired) electrons. The van der Waals surface area contributed by atoms with Gasteiger partial charge in [0.05, 0.1) is 11.3 Å². The van der Waals surface area contributed by atoms with E-state index in [0.717, 1.165) is 25.2 Å². The zero-order valence-electron chi connectivity index (χ0n) is 12.9. The molecule has 1 aromatic heterocycles. The molecular weight excluding hydrogens is 252 g/mol. The average Bonchev–Trinajstić information content (AvgIpc) is 2.45. The van der Waals surface area contributed by atoms with E-state index in [-0.39, 0.29) is 5.91 Å². The minimum absolute atomic E-state index is 0.0751. The first-order chi connectivity index (χ1) is 9.56. The highest BCUT2D eigenvalue weighted by atomic mass is 16.1. The smallest absolute Gasteiger partial charge is 0.254 e. The van der Waals surface area contributed by atoms with Crippen molar-refractivity contribution in [1.29, 1.82) is 0 Å². The summed E-state index contributed by atoms with van der Waals surface area (Å²) in [6.07, 6.45) is 4.32. The molecule has 0 aliphatic rings. The van der Waals surface area contributed by atoms with Gasteiger partial charge in [-0.25, -0.2) is 0 Å². The van der Waals surface area contributed by atoms with Gasteiger partial charge in [-0.2, -0.15) is 0 Å². The Morgan fingerprint density at radius 2 is 2.15 bits per heavy atom. The van der Waals surface area contributed by atoms with Crippen LogP contribution >= 0.6 is 0 Å². The Bertz CT molecular complexity index is 420. The van der Waals surface area contributed by atoms with Crippen molar-refractivity contribution in [3.63, 3.8) is 0 Å². The van der Waals surface area contributed by atoms with Crippen molar-refractivity contribution < 1.29 is 4.79 Å². The predicted octanol–water partition coefficient (Wildman–Crippen LogP) is 1.97. The Morgan fingerprint density at radius 3 is 2.80 bits per heavy atom. The normalized spacial score (nSPS) is 10.9. The SMILES string of the molecule is CCCNc1ccncc1C(=O)NCCN(C)C(C)C. The summed E-state index contributed by atoms with van der Waals surface area (Å²) >= 11 is 0. The van der Waals surface area contributed by atoms with Crippen molar-refractivity contribution in [2.24, 2.45) is 0 Å². The number of rotatable bonds is 8. The topological polar surface area (TPSA) is 57.3 Å². The van der Waals surface area contributed by atoms with Gasteiger partial charge in [0.2, 0.25) is 0 Å². The van der Waals surface area contributed by atoms with Crippen LogP contribution in [0.3, 0.4) is 0 Å². The molecule has 1 amide bonds. The van der Waals surface area contributed by atoms with E-state index in [1.807, 2.05) is 6.07 Å². The largest absolute Gasteiger partial charge is 0.384 e. The maximum absolute atomic E-state index is 12.2. The summed E-state index contributed by atoms with van der Waals surface area (Å²) in [6, 6.07) is 2.32. The second-order valence-corrected chi connectivity index (χ2v) is 5.18. The first-order valence-corrected chi connectivity index (χ1v) is 7.22. The molecule has 0 spiro atoms. The Balaban J connectivity index is 2.54. The number of nitrogens with zero attached hydrogens (tertiary/aromatic N) is 2. The quantitative estimate of drug-likeness (QED) is 0.763. The van der Waals surface area contributed by atoms with Crippen LogP contribution in [0.25, 0.3) is 0 Å². The molecule has 0 aliphatic carbocycles. The lowest BCUT2D eigenvalue weighted by Crippen LogP contribution is -2.36. The van der Waals surface area contributed by atoms with Gasteiger partial charge in [-0.15, -0.1) is 0 Å². The molecule has 0 atom stereocenters. The van der Waals surface area contributed by atoms with Crippen molar-refractivity contribution in [1.82, 2.24) is 15.2 Å². The molecule has 0 saturated heterocycles. The van der Waals surface area contributed by atoms with Gasteiger partial charge in [0.25, 0.3) is 5.91 Å². The number of nitrogens with one attached hydrogen (secondary N) is 2. The summed E-state index contributed by atoms with van der Waals surface area (Å²) < 4.78 is 0. The van der Waals surface area contributed by atoms with E-state index in [1.165, 1.54) is 0 Å². The van der Waals surface area contributed by atoms with Crippen LogP contribution in [0.2, 0.25) is 0 Å². The van der Waals surface area contributed by atoms with Crippen LogP contribution in [0.1, 0.15) is 37.6 Å². The maximum Gasteiger partial charge on any atom is 0.254 e. The summed E-state index contributed by atoms with van der Waals surface area (Å²) in [4.78, 5) is 18.4. The van der Waals surface area contributed by atoms with Crippen molar-refractivity contribution >= 4 is 11.6 Å². The molecule has 0 saturated carbocycles. The van der Waals surface area contributed by atoms with E-state index in [2.05, 4.69) is 48.3 Å². The number of amides is 1. The molecule has 0 bridgehead atoms. The molecule has 5 nitrogen and oxygen atoms in total. The number of hydrogen-bond acceptors (Lipinski definition) is 4. The van der Waals surface area contributed by atoms with Crippen LogP contribution < -0.4 is 10.6 Å². The summed E-state index contributed by atoms with van der Waals surface area (Å²) in [6.45, 7) is 8.68. The molecule has 0 aliphatic heterocycles. The van der Waals surface area contributed by atoms with Gasteiger partial charge >= 0.3 is 0 Å². The summed E-state index contributed by atoms with van der Waals surface area (Å²) in [5.74, 6) is -0.0751. The van der Waals surface area contributed by atoms with Crippen LogP contribution in [0.4, 0.5) is 5.69 Å². The number of carbonyl (C=O) groups is 1. The monoisotopic (exact) mass is 278 g/mol. The van der Waals surface area contributed by atoms with Gasteiger partial charge < -0.3 is 15.5 Å².